The normalized spacial score (nSPS) is 14.3. The number of benzene rings is 1. The molecule has 2 N–H and O–H groups in total. The molecule has 0 bridgehead atoms. The predicted octanol–water partition coefficient (Wildman–Crippen LogP) is 3.61. The van der Waals surface area contributed by atoms with Gasteiger partial charge in [0.25, 0.3) is 0 Å². The van der Waals surface area contributed by atoms with E-state index < -0.39 is 0 Å². The molecule has 0 saturated carbocycles. The molecular weight excluding hydrogens is 323 g/mol. The Bertz CT molecular complexity index is 541. The van der Waals surface area contributed by atoms with Crippen molar-refractivity contribution in [1.29, 1.82) is 0 Å². The maximum absolute atomic E-state index is 12.4. The summed E-state index contributed by atoms with van der Waals surface area (Å²) in [5, 5.41) is 13.0. The third-order valence-electron chi connectivity index (χ3n) is 3.57. The molecule has 6 heteroatoms. The first kappa shape index (κ1) is 17.1. The molecule has 2 rings (SSSR count). The Morgan fingerprint density at radius 2 is 2.00 bits per heavy atom. The highest BCUT2D eigenvalue weighted by Gasteiger charge is 2.19. The average Bonchev–Trinajstić information content (AvgIpc) is 3.00. The molecule has 120 valence electrons. The molecule has 0 spiro atoms. The van der Waals surface area contributed by atoms with Gasteiger partial charge in [-0.1, -0.05) is 41.4 Å². The van der Waals surface area contributed by atoms with Gasteiger partial charge in [0.15, 0.2) is 0 Å². The van der Waals surface area contributed by atoms with Gasteiger partial charge < -0.3 is 15.3 Å². The topological polar surface area (TPSA) is 52.6 Å². The Kier molecular flexibility index (Phi) is 6.55. The van der Waals surface area contributed by atoms with E-state index in [2.05, 4.69) is 17.5 Å². The smallest absolute Gasteiger partial charge is 0.317 e. The zero-order chi connectivity index (χ0) is 15.9. The molecule has 1 aliphatic carbocycles. The maximum Gasteiger partial charge on any atom is 0.317 e. The standard InChI is InChI=1S/C16H20Cl2N2O2/c17-14-7-6-12(10-15(14)18)11-20(8-3-9-21)16(22)19-13-4-1-2-5-13/h1-2,6-7,10,13,21H,3-5,8-9,11H2,(H,19,22). The number of aliphatic hydroxyl groups excluding tert-OH is 1. The summed E-state index contributed by atoms with van der Waals surface area (Å²) in [6.07, 6.45) is 6.42. The van der Waals surface area contributed by atoms with E-state index in [1.165, 1.54) is 0 Å². The summed E-state index contributed by atoms with van der Waals surface area (Å²) in [6, 6.07) is 5.39. The Balaban J connectivity index is 2.00. The molecule has 22 heavy (non-hydrogen) atoms. The van der Waals surface area contributed by atoms with Crippen molar-refractivity contribution in [2.75, 3.05) is 13.2 Å². The maximum atomic E-state index is 12.4. The average molecular weight is 343 g/mol. The van der Waals surface area contributed by atoms with Crippen molar-refractivity contribution in [3.63, 3.8) is 0 Å². The van der Waals surface area contributed by atoms with E-state index in [0.717, 1.165) is 18.4 Å². The van der Waals surface area contributed by atoms with Crippen LogP contribution < -0.4 is 5.32 Å². The van der Waals surface area contributed by atoms with Crippen LogP contribution in [0.4, 0.5) is 4.79 Å². The van der Waals surface area contributed by atoms with Crippen LogP contribution in [-0.2, 0) is 6.54 Å². The second-order valence-corrected chi connectivity index (χ2v) is 6.15. The number of hydrogen-bond acceptors (Lipinski definition) is 2. The van der Waals surface area contributed by atoms with E-state index in [4.69, 9.17) is 28.3 Å². The number of urea groups is 1. The van der Waals surface area contributed by atoms with Gasteiger partial charge >= 0.3 is 6.03 Å². The van der Waals surface area contributed by atoms with Crippen LogP contribution in [0.3, 0.4) is 0 Å². The van der Waals surface area contributed by atoms with Crippen LogP contribution in [0, 0.1) is 0 Å². The van der Waals surface area contributed by atoms with Crippen molar-refractivity contribution in [3.05, 3.63) is 46.0 Å². The molecule has 1 aromatic rings. The van der Waals surface area contributed by atoms with Crippen LogP contribution in [0.1, 0.15) is 24.8 Å². The number of halogens is 2. The summed E-state index contributed by atoms with van der Waals surface area (Å²) >= 11 is 11.9. The molecule has 0 atom stereocenters. The molecule has 0 aromatic heterocycles. The monoisotopic (exact) mass is 342 g/mol. The third kappa shape index (κ3) is 4.90. The van der Waals surface area contributed by atoms with Crippen LogP contribution in [0.25, 0.3) is 0 Å². The van der Waals surface area contributed by atoms with E-state index in [9.17, 15) is 4.79 Å². The number of carbonyl (C=O) groups is 1. The fourth-order valence-electron chi connectivity index (χ4n) is 2.37. The Morgan fingerprint density at radius 3 is 2.64 bits per heavy atom. The first-order valence-electron chi connectivity index (χ1n) is 7.35. The second-order valence-electron chi connectivity index (χ2n) is 5.34. The predicted molar refractivity (Wildman–Crippen MR) is 89.3 cm³/mol. The van der Waals surface area contributed by atoms with Crippen molar-refractivity contribution >= 4 is 29.2 Å². The Morgan fingerprint density at radius 1 is 1.27 bits per heavy atom. The van der Waals surface area contributed by atoms with Crippen molar-refractivity contribution in [2.24, 2.45) is 0 Å². The van der Waals surface area contributed by atoms with Gasteiger partial charge in [-0.3, -0.25) is 0 Å². The van der Waals surface area contributed by atoms with Crippen molar-refractivity contribution in [2.45, 2.75) is 31.8 Å². The number of carbonyl (C=O) groups excluding carboxylic acids is 1. The minimum absolute atomic E-state index is 0.0517. The second kappa shape index (κ2) is 8.42. The number of aliphatic hydroxyl groups is 1. The van der Waals surface area contributed by atoms with Gasteiger partial charge in [0, 0.05) is 25.7 Å². The van der Waals surface area contributed by atoms with Crippen LogP contribution in [0.15, 0.2) is 30.4 Å². The van der Waals surface area contributed by atoms with E-state index in [1.807, 2.05) is 6.07 Å². The molecule has 0 aliphatic heterocycles. The summed E-state index contributed by atoms with van der Waals surface area (Å²) in [5.74, 6) is 0. The quantitative estimate of drug-likeness (QED) is 0.776. The van der Waals surface area contributed by atoms with E-state index in [1.54, 1.807) is 17.0 Å². The third-order valence-corrected chi connectivity index (χ3v) is 4.31. The van der Waals surface area contributed by atoms with Crippen molar-refractivity contribution in [1.82, 2.24) is 10.2 Å². The molecule has 2 amide bonds. The number of rotatable bonds is 6. The highest BCUT2D eigenvalue weighted by atomic mass is 35.5. The van der Waals surface area contributed by atoms with Crippen LogP contribution in [0.2, 0.25) is 10.0 Å². The lowest BCUT2D eigenvalue weighted by Crippen LogP contribution is -2.44. The molecule has 0 saturated heterocycles. The van der Waals surface area contributed by atoms with Gasteiger partial charge in [0.05, 0.1) is 10.0 Å². The van der Waals surface area contributed by atoms with E-state index >= 15 is 0 Å². The highest BCUT2D eigenvalue weighted by molar-refractivity contribution is 6.42. The summed E-state index contributed by atoms with van der Waals surface area (Å²) < 4.78 is 0. The van der Waals surface area contributed by atoms with Crippen LogP contribution in [-0.4, -0.2) is 35.2 Å². The van der Waals surface area contributed by atoms with Gasteiger partial charge in [-0.25, -0.2) is 4.79 Å². The fourth-order valence-corrected chi connectivity index (χ4v) is 2.69. The first-order valence-corrected chi connectivity index (χ1v) is 8.11. The minimum Gasteiger partial charge on any atom is -0.396 e. The molecule has 1 aliphatic rings. The zero-order valence-corrected chi connectivity index (χ0v) is 13.8. The summed E-state index contributed by atoms with van der Waals surface area (Å²) in [5.41, 5.74) is 0.909. The summed E-state index contributed by atoms with van der Waals surface area (Å²) in [7, 11) is 0. The SMILES string of the molecule is O=C(NC1CC=CC1)N(CCCO)Cc1ccc(Cl)c(Cl)c1. The van der Waals surface area contributed by atoms with Gasteiger partial charge in [-0.2, -0.15) is 0 Å². The largest absolute Gasteiger partial charge is 0.396 e. The fraction of sp³-hybridized carbons (Fsp3) is 0.438. The molecule has 0 fully saturated rings. The van der Waals surface area contributed by atoms with Crippen LogP contribution >= 0.6 is 23.2 Å². The van der Waals surface area contributed by atoms with Crippen molar-refractivity contribution < 1.29 is 9.90 Å². The Hall–Kier alpha value is -1.23. The number of nitrogens with zero attached hydrogens (tertiary/aromatic N) is 1. The lowest BCUT2D eigenvalue weighted by atomic mass is 10.2. The minimum atomic E-state index is -0.117. The molecule has 0 radical (unpaired) electrons. The molecule has 0 heterocycles. The molecular formula is C16H20Cl2N2O2. The molecule has 1 aromatic carbocycles. The first-order chi connectivity index (χ1) is 10.6. The summed E-state index contributed by atoms with van der Waals surface area (Å²) in [6.45, 7) is 0.974. The highest BCUT2D eigenvalue weighted by Crippen LogP contribution is 2.23. The molecule has 4 nitrogen and oxygen atoms in total. The lowest BCUT2D eigenvalue weighted by molar-refractivity contribution is 0.183. The van der Waals surface area contributed by atoms with E-state index in [-0.39, 0.29) is 18.7 Å². The van der Waals surface area contributed by atoms with Gasteiger partial charge in [0.1, 0.15) is 0 Å². The van der Waals surface area contributed by atoms with Gasteiger partial charge in [0.2, 0.25) is 0 Å². The number of amides is 2. The van der Waals surface area contributed by atoms with Crippen LogP contribution in [0.5, 0.6) is 0 Å². The van der Waals surface area contributed by atoms with E-state index in [0.29, 0.717) is 29.6 Å². The summed E-state index contributed by atoms with van der Waals surface area (Å²) in [4.78, 5) is 14.1. The number of hydrogen-bond donors (Lipinski definition) is 2. The van der Waals surface area contributed by atoms with Gasteiger partial charge in [-0.05, 0) is 37.0 Å². The lowest BCUT2D eigenvalue weighted by Gasteiger charge is -2.25. The zero-order valence-electron chi connectivity index (χ0n) is 12.3. The number of nitrogens with one attached hydrogen (secondary N) is 1. The van der Waals surface area contributed by atoms with Crippen molar-refractivity contribution in [3.8, 4) is 0 Å². The van der Waals surface area contributed by atoms with Gasteiger partial charge in [-0.15, -0.1) is 0 Å². The Labute approximate surface area is 140 Å². The molecule has 0 unspecified atom stereocenters.